The van der Waals surface area contributed by atoms with Crippen molar-refractivity contribution in [2.75, 3.05) is 20.1 Å². The van der Waals surface area contributed by atoms with Crippen LogP contribution in [0.25, 0.3) is 0 Å². The van der Waals surface area contributed by atoms with Crippen molar-refractivity contribution in [3.8, 4) is 0 Å². The summed E-state index contributed by atoms with van der Waals surface area (Å²) in [6, 6.07) is 16.9. The van der Waals surface area contributed by atoms with Gasteiger partial charge in [0.25, 0.3) is 0 Å². The van der Waals surface area contributed by atoms with Gasteiger partial charge in [-0.05, 0) is 31.5 Å². The van der Waals surface area contributed by atoms with Crippen LogP contribution in [0.3, 0.4) is 0 Å². The van der Waals surface area contributed by atoms with E-state index in [0.29, 0.717) is 12.5 Å². The summed E-state index contributed by atoms with van der Waals surface area (Å²) in [7, 11) is -1.81. The summed E-state index contributed by atoms with van der Waals surface area (Å²) in [4.78, 5) is 4.44. The first-order valence-corrected chi connectivity index (χ1v) is 9.99. The lowest BCUT2D eigenvalue weighted by Crippen LogP contribution is -2.42. The Labute approximate surface area is 155 Å². The third-order valence-electron chi connectivity index (χ3n) is 3.92. The first-order chi connectivity index (χ1) is 12.4. The normalized spacial score (nSPS) is 13.3. The van der Waals surface area contributed by atoms with E-state index in [-0.39, 0.29) is 17.5 Å². The largest absolute Gasteiger partial charge is 0.355 e. The van der Waals surface area contributed by atoms with Crippen LogP contribution in [0.2, 0.25) is 0 Å². The highest BCUT2D eigenvalue weighted by molar-refractivity contribution is 7.89. The van der Waals surface area contributed by atoms with Crippen LogP contribution in [0.5, 0.6) is 0 Å². The predicted octanol–water partition coefficient (Wildman–Crippen LogP) is 2.20. The van der Waals surface area contributed by atoms with Crippen molar-refractivity contribution in [3.63, 3.8) is 0 Å². The fraction of sp³-hybridized carbons (Fsp3) is 0.316. The third kappa shape index (κ3) is 5.86. The fourth-order valence-corrected chi connectivity index (χ4v) is 3.42. The summed E-state index contributed by atoms with van der Waals surface area (Å²) >= 11 is 0. The number of hydrogen-bond acceptors (Lipinski definition) is 3. The summed E-state index contributed by atoms with van der Waals surface area (Å²) in [6.07, 6.45) is 0. The predicted molar refractivity (Wildman–Crippen MR) is 106 cm³/mol. The second-order valence-corrected chi connectivity index (χ2v) is 7.75. The molecule has 2 rings (SSSR count). The van der Waals surface area contributed by atoms with Crippen LogP contribution in [-0.4, -0.2) is 34.5 Å². The van der Waals surface area contributed by atoms with Gasteiger partial charge in [0.1, 0.15) is 0 Å². The first kappa shape index (κ1) is 19.9. The van der Waals surface area contributed by atoms with Crippen molar-refractivity contribution in [1.29, 1.82) is 0 Å². The smallest absolute Gasteiger partial charge is 0.240 e. The maximum atomic E-state index is 12.2. The average Bonchev–Trinajstić information content (AvgIpc) is 2.65. The van der Waals surface area contributed by atoms with Crippen LogP contribution in [0.15, 0.2) is 64.5 Å². The Balaban J connectivity index is 1.81. The van der Waals surface area contributed by atoms with E-state index in [0.717, 1.165) is 11.1 Å². The van der Waals surface area contributed by atoms with Crippen molar-refractivity contribution < 1.29 is 8.42 Å². The van der Waals surface area contributed by atoms with E-state index in [1.807, 2.05) is 44.2 Å². The van der Waals surface area contributed by atoms with Gasteiger partial charge in [-0.15, -0.1) is 0 Å². The van der Waals surface area contributed by atoms with Crippen LogP contribution in [0, 0.1) is 6.92 Å². The molecule has 1 unspecified atom stereocenters. The highest BCUT2D eigenvalue weighted by Gasteiger charge is 2.13. The molecule has 0 fully saturated rings. The number of guanidine groups is 1. The standard InChI is InChI=1S/C19H26N4O2S/c1-15-9-11-18(12-10-15)26(24,25)22-14-13-21-19(20-3)23-16(2)17-7-5-4-6-8-17/h4-12,16,22H,13-14H2,1-3H3,(H2,20,21,23). The van der Waals surface area contributed by atoms with Crippen molar-refractivity contribution in [3.05, 3.63) is 65.7 Å². The number of sulfonamides is 1. The van der Waals surface area contributed by atoms with Gasteiger partial charge in [0, 0.05) is 20.1 Å². The molecule has 2 aromatic carbocycles. The van der Waals surface area contributed by atoms with Crippen LogP contribution in [0.4, 0.5) is 0 Å². The van der Waals surface area contributed by atoms with E-state index in [1.54, 1.807) is 31.3 Å². The third-order valence-corrected chi connectivity index (χ3v) is 5.39. The van der Waals surface area contributed by atoms with Gasteiger partial charge in [-0.1, -0.05) is 48.0 Å². The average molecular weight is 375 g/mol. The van der Waals surface area contributed by atoms with Crippen LogP contribution < -0.4 is 15.4 Å². The molecule has 0 amide bonds. The molecule has 0 aromatic heterocycles. The summed E-state index contributed by atoms with van der Waals surface area (Å²) in [6.45, 7) is 4.65. The van der Waals surface area contributed by atoms with Gasteiger partial charge in [0.15, 0.2) is 5.96 Å². The fourth-order valence-electron chi connectivity index (χ4n) is 2.39. The van der Waals surface area contributed by atoms with E-state index < -0.39 is 10.0 Å². The van der Waals surface area contributed by atoms with Crippen LogP contribution in [-0.2, 0) is 10.0 Å². The molecule has 1 atom stereocenters. The molecule has 0 aliphatic rings. The van der Waals surface area contributed by atoms with Crippen LogP contribution in [0.1, 0.15) is 24.1 Å². The van der Waals surface area contributed by atoms with Crippen molar-refractivity contribution in [2.45, 2.75) is 24.8 Å². The molecule has 140 valence electrons. The van der Waals surface area contributed by atoms with Gasteiger partial charge >= 0.3 is 0 Å². The van der Waals surface area contributed by atoms with E-state index >= 15 is 0 Å². The van der Waals surface area contributed by atoms with Gasteiger partial charge < -0.3 is 10.6 Å². The molecule has 7 heteroatoms. The molecule has 0 bridgehead atoms. The molecule has 0 spiro atoms. The number of aliphatic imine (C=N–C) groups is 1. The highest BCUT2D eigenvalue weighted by Crippen LogP contribution is 2.11. The molecule has 0 saturated carbocycles. The Morgan fingerprint density at radius 3 is 2.31 bits per heavy atom. The first-order valence-electron chi connectivity index (χ1n) is 8.51. The number of rotatable bonds is 7. The Morgan fingerprint density at radius 2 is 1.69 bits per heavy atom. The second kappa shape index (κ2) is 9.35. The Morgan fingerprint density at radius 1 is 1.04 bits per heavy atom. The summed E-state index contributed by atoms with van der Waals surface area (Å²) in [5, 5.41) is 6.40. The maximum Gasteiger partial charge on any atom is 0.240 e. The molecule has 0 radical (unpaired) electrons. The number of benzene rings is 2. The monoisotopic (exact) mass is 374 g/mol. The topological polar surface area (TPSA) is 82.6 Å². The lowest BCUT2D eigenvalue weighted by molar-refractivity contribution is 0.580. The molecule has 0 heterocycles. The van der Waals surface area contributed by atoms with Crippen LogP contribution >= 0.6 is 0 Å². The SMILES string of the molecule is CN=C(NCCNS(=O)(=O)c1ccc(C)cc1)NC(C)c1ccccc1. The van der Waals surface area contributed by atoms with Gasteiger partial charge in [-0.2, -0.15) is 0 Å². The lowest BCUT2D eigenvalue weighted by Gasteiger charge is -2.18. The molecule has 6 nitrogen and oxygen atoms in total. The molecule has 2 aromatic rings. The lowest BCUT2D eigenvalue weighted by atomic mass is 10.1. The van der Waals surface area contributed by atoms with Gasteiger partial charge in [0.2, 0.25) is 10.0 Å². The minimum atomic E-state index is -3.50. The minimum absolute atomic E-state index is 0.0895. The van der Waals surface area contributed by atoms with Gasteiger partial charge in [0.05, 0.1) is 10.9 Å². The highest BCUT2D eigenvalue weighted by atomic mass is 32.2. The zero-order valence-corrected chi connectivity index (χ0v) is 16.2. The van der Waals surface area contributed by atoms with E-state index in [2.05, 4.69) is 20.3 Å². The molecule has 0 aliphatic heterocycles. The molecule has 0 saturated heterocycles. The molecular formula is C19H26N4O2S. The quantitative estimate of drug-likeness (QED) is 0.394. The number of aryl methyl sites for hydroxylation is 1. The summed E-state index contributed by atoms with van der Waals surface area (Å²) in [5.41, 5.74) is 2.17. The summed E-state index contributed by atoms with van der Waals surface area (Å²) in [5.74, 6) is 0.621. The molecule has 26 heavy (non-hydrogen) atoms. The number of hydrogen-bond donors (Lipinski definition) is 3. The molecular weight excluding hydrogens is 348 g/mol. The number of nitrogens with zero attached hydrogens (tertiary/aromatic N) is 1. The molecule has 0 aliphatic carbocycles. The van der Waals surface area contributed by atoms with E-state index in [4.69, 9.17) is 0 Å². The maximum absolute atomic E-state index is 12.2. The molecule has 3 N–H and O–H groups in total. The van der Waals surface area contributed by atoms with Gasteiger partial charge in [-0.25, -0.2) is 13.1 Å². The summed E-state index contributed by atoms with van der Waals surface area (Å²) < 4.78 is 27.1. The zero-order valence-electron chi connectivity index (χ0n) is 15.4. The van der Waals surface area contributed by atoms with Crippen molar-refractivity contribution in [1.82, 2.24) is 15.4 Å². The van der Waals surface area contributed by atoms with Crippen molar-refractivity contribution >= 4 is 16.0 Å². The Kier molecular flexibility index (Phi) is 7.17. The van der Waals surface area contributed by atoms with E-state index in [1.165, 1.54) is 0 Å². The van der Waals surface area contributed by atoms with Crippen molar-refractivity contribution in [2.24, 2.45) is 4.99 Å². The zero-order chi connectivity index (χ0) is 19.0. The van der Waals surface area contributed by atoms with Gasteiger partial charge in [-0.3, -0.25) is 4.99 Å². The Hall–Kier alpha value is -2.38. The second-order valence-electron chi connectivity index (χ2n) is 5.99. The Bertz CT molecular complexity index is 818. The minimum Gasteiger partial charge on any atom is -0.355 e. The number of nitrogens with one attached hydrogen (secondary N) is 3. The van der Waals surface area contributed by atoms with E-state index in [9.17, 15) is 8.42 Å².